The van der Waals surface area contributed by atoms with E-state index in [1.165, 1.54) is 38.2 Å². The molecular formula is C36H53N7O17S2. The first-order valence-electron chi connectivity index (χ1n) is 19.4. The third-order valence-electron chi connectivity index (χ3n) is 10.4. The summed E-state index contributed by atoms with van der Waals surface area (Å²) in [5.41, 5.74) is 2.55. The summed E-state index contributed by atoms with van der Waals surface area (Å²) in [6, 6.07) is 4.49. The summed E-state index contributed by atoms with van der Waals surface area (Å²) >= 11 is 0. The zero-order chi connectivity index (χ0) is 45.9. The van der Waals surface area contributed by atoms with Gasteiger partial charge in [-0.3, -0.25) is 20.2 Å². The lowest BCUT2D eigenvalue weighted by molar-refractivity contribution is -0.388. The Labute approximate surface area is 357 Å². The number of nitro benzene ring substituents is 2. The molecule has 1 amide bonds. The molecule has 2 aromatic rings. The highest BCUT2D eigenvalue weighted by molar-refractivity contribution is 7.90. The number of carbonyl (C=O) groups is 1. The van der Waals surface area contributed by atoms with Gasteiger partial charge in [-0.25, -0.2) is 31.1 Å². The summed E-state index contributed by atoms with van der Waals surface area (Å²) in [5.74, 6) is 0. The monoisotopic (exact) mass is 919 g/mol. The highest BCUT2D eigenvalue weighted by atomic mass is 32.2. The Morgan fingerprint density at radius 3 is 2.03 bits per heavy atom. The number of aliphatic hydroxyl groups excluding tert-OH is 2. The summed E-state index contributed by atoms with van der Waals surface area (Å²) in [7, 11) is -7.77. The van der Waals surface area contributed by atoms with Crippen LogP contribution >= 0.6 is 0 Å². The summed E-state index contributed by atoms with van der Waals surface area (Å²) in [4.78, 5) is 33.5. The Morgan fingerprint density at radius 1 is 0.903 bits per heavy atom. The van der Waals surface area contributed by atoms with Gasteiger partial charge in [-0.2, -0.15) is 0 Å². The lowest BCUT2D eigenvalue weighted by atomic mass is 9.83. The molecule has 3 aliphatic rings. The van der Waals surface area contributed by atoms with Crippen molar-refractivity contribution in [3.8, 4) is 0 Å². The van der Waals surface area contributed by atoms with E-state index < -0.39 is 142 Å². The van der Waals surface area contributed by atoms with Gasteiger partial charge in [0.2, 0.25) is 20.0 Å². The summed E-state index contributed by atoms with van der Waals surface area (Å²) in [6.07, 6.45) is -12.0. The van der Waals surface area contributed by atoms with E-state index in [1.54, 1.807) is 20.8 Å². The van der Waals surface area contributed by atoms with Crippen LogP contribution in [0.25, 0.3) is 0 Å². The van der Waals surface area contributed by atoms with E-state index >= 15 is 0 Å². The van der Waals surface area contributed by atoms with Crippen LogP contribution < -0.4 is 25.8 Å². The Hall–Kier alpha value is -4.03. The molecule has 2 heterocycles. The van der Waals surface area contributed by atoms with Crippen LogP contribution in [0.1, 0.15) is 47.0 Å². The van der Waals surface area contributed by atoms with Gasteiger partial charge >= 0.3 is 6.09 Å². The Balaban J connectivity index is 1.48. The van der Waals surface area contributed by atoms with Gasteiger partial charge in [0.25, 0.3) is 11.4 Å². The average Bonchev–Trinajstić information content (AvgIpc) is 3.17. The predicted molar refractivity (Wildman–Crippen MR) is 214 cm³/mol. The standard InChI is InChI=1S/C36H53N7O17S2/c1-35(2,3)60-34(46)40-22-16-20(37)29(58-33-28(45)31(38-5)36(4,47)18-56-33)27(44)30(22)59-32-21(41-62(54,55)26-13-9-7-11-24(26)43(50)51)15-14-19(57-32)17-39-61(52,53)25-12-8-6-10-23(25)42(48)49/h6-13,19-22,27-33,38-39,41,44-45,47H,14-18,37H2,1-5H3,(H,40,46)/t19-,20+,21+,22-,27+,28+,29-,30+,31+,32+,33+,36-/m0/s1. The minimum Gasteiger partial charge on any atom is -0.444 e. The van der Waals surface area contributed by atoms with Crippen molar-refractivity contribution in [2.75, 3.05) is 20.2 Å². The van der Waals surface area contributed by atoms with Crippen molar-refractivity contribution in [3.05, 3.63) is 68.8 Å². The molecule has 12 atom stereocenters. The molecule has 2 saturated heterocycles. The normalized spacial score (nSPS) is 32.1. The number of benzene rings is 2. The van der Waals surface area contributed by atoms with E-state index in [0.717, 1.165) is 24.3 Å². The van der Waals surface area contributed by atoms with Crippen LogP contribution in [-0.4, -0.2) is 147 Å². The van der Waals surface area contributed by atoms with Crippen molar-refractivity contribution in [2.24, 2.45) is 5.73 Å². The molecule has 1 saturated carbocycles. The number of amides is 1. The third-order valence-corrected chi connectivity index (χ3v) is 13.4. The van der Waals surface area contributed by atoms with Crippen molar-refractivity contribution in [1.29, 1.82) is 0 Å². The number of nitrogens with two attached hydrogens (primary N) is 1. The first-order chi connectivity index (χ1) is 28.8. The second-order valence-electron chi connectivity index (χ2n) is 16.4. The number of likely N-dealkylation sites (N-methyl/N-ethyl adjacent to an activating group) is 1. The van der Waals surface area contributed by atoms with Gasteiger partial charge < -0.3 is 55.4 Å². The zero-order valence-electron chi connectivity index (χ0n) is 34.4. The summed E-state index contributed by atoms with van der Waals surface area (Å²) < 4.78 is 88.5. The molecule has 346 valence electrons. The number of nitrogens with one attached hydrogen (secondary N) is 4. The highest BCUT2D eigenvalue weighted by Gasteiger charge is 2.52. The fourth-order valence-electron chi connectivity index (χ4n) is 7.53. The van der Waals surface area contributed by atoms with E-state index in [4.69, 9.17) is 29.4 Å². The van der Waals surface area contributed by atoms with E-state index in [2.05, 4.69) is 20.1 Å². The summed E-state index contributed by atoms with van der Waals surface area (Å²) in [5, 5.41) is 62.7. The van der Waals surface area contributed by atoms with Crippen LogP contribution in [-0.2, 0) is 43.7 Å². The van der Waals surface area contributed by atoms with Crippen molar-refractivity contribution in [3.63, 3.8) is 0 Å². The van der Waals surface area contributed by atoms with Gasteiger partial charge in [0.1, 0.15) is 35.6 Å². The average molecular weight is 920 g/mol. The topological polar surface area (TPSA) is 353 Å². The Kier molecular flexibility index (Phi) is 15.3. The highest BCUT2D eigenvalue weighted by Crippen LogP contribution is 2.34. The zero-order valence-corrected chi connectivity index (χ0v) is 36.0. The number of aliphatic hydroxyl groups is 3. The molecule has 2 aromatic carbocycles. The number of ether oxygens (including phenoxy) is 5. The number of rotatable bonds is 15. The summed E-state index contributed by atoms with van der Waals surface area (Å²) in [6.45, 7) is 5.41. The van der Waals surface area contributed by atoms with Crippen molar-refractivity contribution in [1.82, 2.24) is 20.1 Å². The van der Waals surface area contributed by atoms with Crippen LogP contribution in [0, 0.1) is 20.2 Å². The number of hydrogen-bond acceptors (Lipinski definition) is 19. The van der Waals surface area contributed by atoms with E-state index in [1.807, 2.05) is 0 Å². The Bertz CT molecular complexity index is 2160. The lowest BCUT2D eigenvalue weighted by Gasteiger charge is -2.49. The number of nitrogens with zero attached hydrogens (tertiary/aromatic N) is 2. The van der Waals surface area contributed by atoms with Crippen LogP contribution in [0.5, 0.6) is 0 Å². The van der Waals surface area contributed by atoms with Crippen molar-refractivity contribution >= 4 is 37.5 Å². The number of nitro groups is 2. The molecule has 3 fully saturated rings. The van der Waals surface area contributed by atoms with E-state index in [0.29, 0.717) is 0 Å². The fraction of sp³-hybridized carbons (Fsp3) is 0.639. The second-order valence-corrected chi connectivity index (χ2v) is 19.8. The maximum absolute atomic E-state index is 13.8. The van der Waals surface area contributed by atoms with Gasteiger partial charge in [0.05, 0.1) is 40.7 Å². The molecule has 0 unspecified atom stereocenters. The number of sulfonamides is 2. The Morgan fingerprint density at radius 2 is 1.47 bits per heavy atom. The lowest BCUT2D eigenvalue weighted by Crippen LogP contribution is -2.69. The molecule has 5 rings (SSSR count). The molecular weight excluding hydrogens is 867 g/mol. The van der Waals surface area contributed by atoms with Crippen LogP contribution in [0.4, 0.5) is 16.2 Å². The number of alkyl carbamates (subject to hydrolysis) is 1. The van der Waals surface area contributed by atoms with Gasteiger partial charge in [-0.1, -0.05) is 24.3 Å². The maximum Gasteiger partial charge on any atom is 0.407 e. The van der Waals surface area contributed by atoms with Crippen LogP contribution in [0.2, 0.25) is 0 Å². The first-order valence-corrected chi connectivity index (χ1v) is 22.4. The van der Waals surface area contributed by atoms with Gasteiger partial charge in [0, 0.05) is 24.7 Å². The third kappa shape index (κ3) is 11.6. The molecule has 62 heavy (non-hydrogen) atoms. The molecule has 1 aliphatic carbocycles. The van der Waals surface area contributed by atoms with Gasteiger partial charge in [-0.05, 0) is 66.1 Å². The largest absolute Gasteiger partial charge is 0.444 e. The molecule has 0 aromatic heterocycles. The minimum atomic E-state index is -4.73. The van der Waals surface area contributed by atoms with Crippen LogP contribution in [0.3, 0.4) is 0 Å². The quantitative estimate of drug-likeness (QED) is 0.0820. The van der Waals surface area contributed by atoms with Crippen molar-refractivity contribution < 1.29 is 70.5 Å². The minimum absolute atomic E-state index is 0.0694. The fourth-order valence-corrected chi connectivity index (χ4v) is 10.2. The molecule has 2 aliphatic heterocycles. The number of para-hydroxylation sites is 2. The van der Waals surface area contributed by atoms with E-state index in [-0.39, 0.29) is 25.9 Å². The maximum atomic E-state index is 13.8. The smallest absolute Gasteiger partial charge is 0.407 e. The molecule has 26 heteroatoms. The molecule has 24 nitrogen and oxygen atoms in total. The SMILES string of the molecule is CN[C@@H]1[C@@H](O)[C@@H](O[C@@H]2[C@@H](O)[C@H](O[C@H]3O[C@H](CNS(=O)(=O)c4ccccc4[N+](=O)[O-])CC[C@H]3NS(=O)(=O)c3ccccc3[N+](=O)[O-])[C@@H](NC(=O)OC(C)(C)C)C[C@H]2N)OC[C@]1(C)O. The van der Waals surface area contributed by atoms with Crippen LogP contribution in [0.15, 0.2) is 58.3 Å². The molecule has 0 radical (unpaired) electrons. The number of carbonyl (C=O) groups excluding carboxylic acids is 1. The number of hydrogen-bond donors (Lipinski definition) is 8. The molecule has 0 spiro atoms. The molecule has 0 bridgehead atoms. The first kappa shape index (κ1) is 49.0. The van der Waals surface area contributed by atoms with E-state index in [9.17, 15) is 57.2 Å². The van der Waals surface area contributed by atoms with Gasteiger partial charge in [0.15, 0.2) is 22.4 Å². The second kappa shape index (κ2) is 19.4. The van der Waals surface area contributed by atoms with Gasteiger partial charge in [-0.15, -0.1) is 0 Å². The predicted octanol–water partition coefficient (Wildman–Crippen LogP) is -0.555. The van der Waals surface area contributed by atoms with Crippen molar-refractivity contribution in [2.45, 2.75) is 135 Å². The molecule has 9 N–H and O–H groups in total.